The molecule has 0 spiro atoms. The average Bonchev–Trinajstić information content (AvgIpc) is 3.01. The Bertz CT molecular complexity index is 779. The van der Waals surface area contributed by atoms with E-state index in [1.54, 1.807) is 18.7 Å². The van der Waals surface area contributed by atoms with E-state index in [9.17, 15) is 13.2 Å². The van der Waals surface area contributed by atoms with Crippen molar-refractivity contribution in [2.24, 2.45) is 11.8 Å². The van der Waals surface area contributed by atoms with Crippen LogP contribution in [-0.2, 0) is 14.8 Å². The molecule has 1 saturated heterocycles. The number of carbonyl (C=O) groups is 1. The third-order valence-electron chi connectivity index (χ3n) is 6.38. The average molecular weight is 413 g/mol. The largest absolute Gasteiger partial charge is 0.360 e. The van der Waals surface area contributed by atoms with Gasteiger partial charge >= 0.3 is 0 Å². The van der Waals surface area contributed by atoms with Gasteiger partial charge in [0.05, 0.1) is 6.54 Å². The lowest BCUT2D eigenvalue weighted by molar-refractivity contribution is -0.131. The summed E-state index contributed by atoms with van der Waals surface area (Å²) in [5, 5.41) is 7.18. The van der Waals surface area contributed by atoms with Gasteiger partial charge in [-0.2, -0.15) is 4.31 Å². The van der Waals surface area contributed by atoms with Crippen LogP contribution in [0.15, 0.2) is 9.42 Å². The van der Waals surface area contributed by atoms with Crippen LogP contribution in [0.25, 0.3) is 0 Å². The summed E-state index contributed by atoms with van der Waals surface area (Å²) in [5.74, 6) is 1.59. The maximum absolute atomic E-state index is 12.9. The Kier molecular flexibility index (Phi) is 6.46. The predicted molar refractivity (Wildman–Crippen MR) is 105 cm³/mol. The monoisotopic (exact) mass is 412 g/mol. The first-order valence-corrected chi connectivity index (χ1v) is 11.6. The number of carbonyl (C=O) groups excluding carboxylic acids is 1. The molecule has 28 heavy (non-hydrogen) atoms. The van der Waals surface area contributed by atoms with Gasteiger partial charge in [-0.15, -0.1) is 0 Å². The van der Waals surface area contributed by atoms with Gasteiger partial charge in [0.2, 0.25) is 15.9 Å². The highest BCUT2D eigenvalue weighted by Crippen LogP contribution is 2.29. The molecular weight excluding hydrogens is 380 g/mol. The van der Waals surface area contributed by atoms with Crippen molar-refractivity contribution in [3.05, 3.63) is 11.5 Å². The van der Waals surface area contributed by atoms with E-state index in [1.165, 1.54) is 17.1 Å². The second-order valence-corrected chi connectivity index (χ2v) is 10.1. The highest BCUT2D eigenvalue weighted by atomic mass is 32.2. The second-order valence-electron chi connectivity index (χ2n) is 8.19. The first-order valence-electron chi connectivity index (χ1n) is 10.2. The van der Waals surface area contributed by atoms with Crippen LogP contribution in [0, 0.1) is 25.7 Å². The van der Waals surface area contributed by atoms with Gasteiger partial charge in [0.15, 0.2) is 5.76 Å². The van der Waals surface area contributed by atoms with Crippen LogP contribution in [0.4, 0.5) is 0 Å². The fourth-order valence-electron chi connectivity index (χ4n) is 4.35. The summed E-state index contributed by atoms with van der Waals surface area (Å²) in [6, 6.07) is 0.383. The summed E-state index contributed by atoms with van der Waals surface area (Å²) < 4.78 is 32.2. The fraction of sp³-hybridized carbons (Fsp3) is 0.789. The van der Waals surface area contributed by atoms with Crippen LogP contribution in [-0.4, -0.2) is 67.5 Å². The lowest BCUT2D eigenvalue weighted by Crippen LogP contribution is -2.53. The van der Waals surface area contributed by atoms with Gasteiger partial charge in [-0.05, 0) is 32.1 Å². The van der Waals surface area contributed by atoms with Gasteiger partial charge in [-0.25, -0.2) is 8.42 Å². The van der Waals surface area contributed by atoms with Crippen molar-refractivity contribution in [1.29, 1.82) is 0 Å². The Morgan fingerprint density at radius 3 is 2.46 bits per heavy atom. The van der Waals surface area contributed by atoms with E-state index in [1.807, 2.05) is 0 Å². The molecule has 0 bridgehead atoms. The summed E-state index contributed by atoms with van der Waals surface area (Å²) >= 11 is 0. The maximum Gasteiger partial charge on any atom is 0.248 e. The molecule has 1 amide bonds. The fourth-order valence-corrected chi connectivity index (χ4v) is 6.06. The molecule has 2 aliphatic rings. The summed E-state index contributed by atoms with van der Waals surface area (Å²) in [6.45, 7) is 9.46. The summed E-state index contributed by atoms with van der Waals surface area (Å²) in [4.78, 5) is 14.5. The number of aromatic nitrogens is 1. The number of rotatable bonds is 5. The first-order chi connectivity index (χ1) is 13.2. The number of hydrogen-bond donors (Lipinski definition) is 1. The van der Waals surface area contributed by atoms with Crippen LogP contribution in [0.2, 0.25) is 0 Å². The quantitative estimate of drug-likeness (QED) is 0.788. The van der Waals surface area contributed by atoms with E-state index < -0.39 is 10.0 Å². The van der Waals surface area contributed by atoms with E-state index >= 15 is 0 Å². The van der Waals surface area contributed by atoms with Crippen molar-refractivity contribution < 1.29 is 17.7 Å². The summed E-state index contributed by atoms with van der Waals surface area (Å²) in [5.41, 5.74) is 0.371. The molecule has 2 heterocycles. The molecule has 2 fully saturated rings. The molecule has 0 radical (unpaired) electrons. The van der Waals surface area contributed by atoms with Crippen molar-refractivity contribution in [3.63, 3.8) is 0 Å². The number of nitrogens with zero attached hydrogens (tertiary/aromatic N) is 3. The molecule has 3 unspecified atom stereocenters. The van der Waals surface area contributed by atoms with Gasteiger partial charge in [-0.3, -0.25) is 4.79 Å². The van der Waals surface area contributed by atoms with Crippen LogP contribution < -0.4 is 5.32 Å². The van der Waals surface area contributed by atoms with Crippen molar-refractivity contribution in [1.82, 2.24) is 19.7 Å². The lowest BCUT2D eigenvalue weighted by Gasteiger charge is -2.36. The van der Waals surface area contributed by atoms with E-state index in [0.717, 1.165) is 6.42 Å². The Morgan fingerprint density at radius 2 is 1.86 bits per heavy atom. The Morgan fingerprint density at radius 1 is 1.18 bits per heavy atom. The zero-order valence-corrected chi connectivity index (χ0v) is 18.1. The number of piperazine rings is 1. The maximum atomic E-state index is 12.9. The molecule has 8 nitrogen and oxygen atoms in total. The number of aryl methyl sites for hydroxylation is 2. The molecule has 1 aliphatic heterocycles. The SMILES string of the molecule is Cc1noc(C)c1S(=O)(=O)N1CCN(C(=O)CNC2CCCC(C)C2C)CC1. The topological polar surface area (TPSA) is 95.8 Å². The molecule has 9 heteroatoms. The number of amides is 1. The standard InChI is InChI=1S/C19H32N4O4S/c1-13-6-5-7-17(14(13)2)20-12-18(24)22-8-10-23(11-9-22)28(25,26)19-15(3)21-27-16(19)4/h13-14,17,20H,5-12H2,1-4H3. The van der Waals surface area contributed by atoms with E-state index in [0.29, 0.717) is 49.0 Å². The second kappa shape index (κ2) is 8.51. The molecule has 1 aromatic heterocycles. The summed E-state index contributed by atoms with van der Waals surface area (Å²) in [6.07, 6.45) is 3.58. The molecule has 0 aromatic carbocycles. The minimum absolute atomic E-state index is 0.0415. The Labute approximate surface area is 167 Å². The van der Waals surface area contributed by atoms with E-state index in [4.69, 9.17) is 4.52 Å². The predicted octanol–water partition coefficient (Wildman–Crippen LogP) is 1.54. The van der Waals surface area contributed by atoms with Crippen LogP contribution in [0.3, 0.4) is 0 Å². The van der Waals surface area contributed by atoms with Crippen molar-refractivity contribution in [2.75, 3.05) is 32.7 Å². The smallest absolute Gasteiger partial charge is 0.248 e. The first kappa shape index (κ1) is 21.3. The molecule has 1 saturated carbocycles. The Hall–Kier alpha value is -1.45. The molecule has 158 valence electrons. The highest BCUT2D eigenvalue weighted by Gasteiger charge is 2.34. The molecule has 1 aliphatic carbocycles. The molecule has 3 atom stereocenters. The normalized spacial score (nSPS) is 27.1. The number of hydrogen-bond acceptors (Lipinski definition) is 6. The van der Waals surface area contributed by atoms with Crippen LogP contribution in [0.1, 0.15) is 44.6 Å². The third-order valence-corrected chi connectivity index (χ3v) is 8.52. The van der Waals surface area contributed by atoms with Crippen LogP contribution >= 0.6 is 0 Å². The van der Waals surface area contributed by atoms with Gasteiger partial charge < -0.3 is 14.7 Å². The molecule has 1 aromatic rings. The molecule has 1 N–H and O–H groups in total. The van der Waals surface area contributed by atoms with Crippen molar-refractivity contribution in [2.45, 2.75) is 57.9 Å². The van der Waals surface area contributed by atoms with E-state index in [-0.39, 0.29) is 23.9 Å². The minimum atomic E-state index is -3.65. The van der Waals surface area contributed by atoms with E-state index in [2.05, 4.69) is 24.3 Å². The Balaban J connectivity index is 1.53. The van der Waals surface area contributed by atoms with Gasteiger partial charge in [0.1, 0.15) is 10.6 Å². The van der Waals surface area contributed by atoms with Crippen LogP contribution in [0.5, 0.6) is 0 Å². The van der Waals surface area contributed by atoms with Gasteiger partial charge in [0.25, 0.3) is 0 Å². The summed E-state index contributed by atoms with van der Waals surface area (Å²) in [7, 11) is -3.65. The minimum Gasteiger partial charge on any atom is -0.360 e. The van der Waals surface area contributed by atoms with Crippen molar-refractivity contribution in [3.8, 4) is 0 Å². The van der Waals surface area contributed by atoms with Gasteiger partial charge in [0, 0.05) is 32.2 Å². The third kappa shape index (κ3) is 4.26. The molecular formula is C19H32N4O4S. The zero-order chi connectivity index (χ0) is 20.5. The highest BCUT2D eigenvalue weighted by molar-refractivity contribution is 7.89. The number of nitrogens with one attached hydrogen (secondary N) is 1. The number of sulfonamides is 1. The van der Waals surface area contributed by atoms with Crippen molar-refractivity contribution >= 4 is 15.9 Å². The zero-order valence-electron chi connectivity index (χ0n) is 17.3. The van der Waals surface area contributed by atoms with Gasteiger partial charge in [-0.1, -0.05) is 31.8 Å². The molecule has 3 rings (SSSR count). The lowest BCUT2D eigenvalue weighted by atomic mass is 9.78.